The Bertz CT molecular complexity index is 740. The maximum absolute atomic E-state index is 12.5. The Morgan fingerprint density at radius 2 is 1.92 bits per heavy atom. The van der Waals surface area contributed by atoms with E-state index in [1.807, 2.05) is 0 Å². The number of hydrogen-bond donors (Lipinski definition) is 2. The van der Waals surface area contributed by atoms with Crippen LogP contribution >= 0.6 is 11.6 Å². The Balaban J connectivity index is 2.18. The van der Waals surface area contributed by atoms with Crippen molar-refractivity contribution in [3.63, 3.8) is 0 Å². The number of pyridine rings is 1. The highest BCUT2D eigenvalue weighted by atomic mass is 35.5. The second-order valence-corrected chi connectivity index (χ2v) is 5.40. The zero-order valence-corrected chi connectivity index (χ0v) is 15.0. The third-order valence-corrected chi connectivity index (χ3v) is 3.65. The van der Waals surface area contributed by atoms with Crippen LogP contribution in [0.5, 0.6) is 11.5 Å². The van der Waals surface area contributed by atoms with Crippen LogP contribution in [0.3, 0.4) is 0 Å². The maximum Gasteiger partial charge on any atom is 0.255 e. The molecule has 7 nitrogen and oxygen atoms in total. The lowest BCUT2D eigenvalue weighted by Crippen LogP contribution is -2.14. The van der Waals surface area contributed by atoms with Crippen LogP contribution in [0.2, 0.25) is 5.02 Å². The van der Waals surface area contributed by atoms with Gasteiger partial charge in [-0.2, -0.15) is 0 Å². The molecule has 0 spiro atoms. The van der Waals surface area contributed by atoms with Crippen LogP contribution in [-0.2, 0) is 4.74 Å². The zero-order chi connectivity index (χ0) is 18.2. The quantitative estimate of drug-likeness (QED) is 0.700. The van der Waals surface area contributed by atoms with Crippen molar-refractivity contribution >= 4 is 29.0 Å². The van der Waals surface area contributed by atoms with Gasteiger partial charge in [0.25, 0.3) is 5.91 Å². The van der Waals surface area contributed by atoms with Crippen molar-refractivity contribution in [1.29, 1.82) is 0 Å². The average molecular weight is 366 g/mol. The fraction of sp³-hybridized carbons (Fsp3) is 0.294. The number of halogens is 1. The number of benzene rings is 1. The number of nitrogens with one attached hydrogen (secondary N) is 2. The number of aromatic nitrogens is 1. The van der Waals surface area contributed by atoms with E-state index in [1.165, 1.54) is 14.2 Å². The van der Waals surface area contributed by atoms with E-state index >= 15 is 0 Å². The normalized spacial score (nSPS) is 10.2. The second-order valence-electron chi connectivity index (χ2n) is 4.99. The first kappa shape index (κ1) is 18.8. The molecule has 0 saturated carbocycles. The van der Waals surface area contributed by atoms with Crippen LogP contribution in [-0.4, -0.2) is 45.4 Å². The Morgan fingerprint density at radius 3 is 2.60 bits per heavy atom. The van der Waals surface area contributed by atoms with Crippen molar-refractivity contribution in [2.24, 2.45) is 0 Å². The number of rotatable bonds is 8. The molecule has 0 unspecified atom stereocenters. The second kappa shape index (κ2) is 9.10. The predicted octanol–water partition coefficient (Wildman–Crippen LogP) is 3.06. The summed E-state index contributed by atoms with van der Waals surface area (Å²) >= 11 is 6.07. The Kier molecular flexibility index (Phi) is 6.85. The van der Waals surface area contributed by atoms with Crippen molar-refractivity contribution in [2.75, 3.05) is 45.1 Å². The predicted molar refractivity (Wildman–Crippen MR) is 97.1 cm³/mol. The fourth-order valence-electron chi connectivity index (χ4n) is 2.10. The SMILES string of the molecule is COCCNc1cc(C(=O)Nc2cc(OC)c(Cl)cc2OC)ccn1. The van der Waals surface area contributed by atoms with Crippen molar-refractivity contribution in [2.45, 2.75) is 0 Å². The van der Waals surface area contributed by atoms with Gasteiger partial charge in [-0.3, -0.25) is 4.79 Å². The van der Waals surface area contributed by atoms with Gasteiger partial charge in [-0.05, 0) is 12.1 Å². The Hall–Kier alpha value is -2.51. The molecule has 0 saturated heterocycles. The summed E-state index contributed by atoms with van der Waals surface area (Å²) in [6.07, 6.45) is 1.56. The van der Waals surface area contributed by atoms with E-state index in [9.17, 15) is 4.79 Å². The molecule has 1 amide bonds. The highest BCUT2D eigenvalue weighted by Gasteiger charge is 2.14. The summed E-state index contributed by atoms with van der Waals surface area (Å²) in [4.78, 5) is 16.7. The van der Waals surface area contributed by atoms with E-state index in [0.29, 0.717) is 46.7 Å². The Labute approximate surface area is 151 Å². The van der Waals surface area contributed by atoms with E-state index in [1.54, 1.807) is 37.6 Å². The van der Waals surface area contributed by atoms with Crippen LogP contribution in [0.15, 0.2) is 30.5 Å². The molecule has 8 heteroatoms. The number of carbonyl (C=O) groups is 1. The van der Waals surface area contributed by atoms with Crippen molar-refractivity contribution in [3.05, 3.63) is 41.0 Å². The van der Waals surface area contributed by atoms with Gasteiger partial charge in [0, 0.05) is 37.5 Å². The van der Waals surface area contributed by atoms with Crippen molar-refractivity contribution < 1.29 is 19.0 Å². The largest absolute Gasteiger partial charge is 0.495 e. The maximum atomic E-state index is 12.5. The molecule has 1 heterocycles. The minimum atomic E-state index is -0.306. The van der Waals surface area contributed by atoms with E-state index in [4.69, 9.17) is 25.8 Å². The van der Waals surface area contributed by atoms with Gasteiger partial charge in [0.1, 0.15) is 17.3 Å². The first-order valence-corrected chi connectivity index (χ1v) is 7.88. The average Bonchev–Trinajstić information content (AvgIpc) is 2.63. The molecule has 134 valence electrons. The number of ether oxygens (including phenoxy) is 3. The van der Waals surface area contributed by atoms with Gasteiger partial charge in [-0.15, -0.1) is 0 Å². The summed E-state index contributed by atoms with van der Waals surface area (Å²) in [6.45, 7) is 1.14. The number of methoxy groups -OCH3 is 3. The topological polar surface area (TPSA) is 81.7 Å². The number of amides is 1. The molecule has 0 aliphatic heterocycles. The van der Waals surface area contributed by atoms with E-state index in [-0.39, 0.29) is 5.91 Å². The monoisotopic (exact) mass is 365 g/mol. The summed E-state index contributed by atoms with van der Waals surface area (Å²) < 4.78 is 15.4. The summed E-state index contributed by atoms with van der Waals surface area (Å²) in [5.41, 5.74) is 0.908. The number of hydrogen-bond acceptors (Lipinski definition) is 6. The molecule has 1 aromatic carbocycles. The van der Waals surface area contributed by atoms with Crippen LogP contribution in [0.25, 0.3) is 0 Å². The number of anilines is 2. The molecule has 2 rings (SSSR count). The van der Waals surface area contributed by atoms with E-state index < -0.39 is 0 Å². The van der Waals surface area contributed by atoms with Gasteiger partial charge < -0.3 is 24.8 Å². The zero-order valence-electron chi connectivity index (χ0n) is 14.3. The van der Waals surface area contributed by atoms with Crippen molar-refractivity contribution in [1.82, 2.24) is 4.98 Å². The van der Waals surface area contributed by atoms with Gasteiger partial charge in [-0.1, -0.05) is 11.6 Å². The Morgan fingerprint density at radius 1 is 1.16 bits per heavy atom. The van der Waals surface area contributed by atoms with Gasteiger partial charge in [0.15, 0.2) is 0 Å². The molecular weight excluding hydrogens is 346 g/mol. The fourth-order valence-corrected chi connectivity index (χ4v) is 2.33. The molecule has 0 atom stereocenters. The number of carbonyl (C=O) groups excluding carboxylic acids is 1. The number of nitrogens with zero attached hydrogens (tertiary/aromatic N) is 1. The lowest BCUT2D eigenvalue weighted by Gasteiger charge is -2.13. The summed E-state index contributed by atoms with van der Waals surface area (Å²) in [5, 5.41) is 6.26. The van der Waals surface area contributed by atoms with E-state index in [0.717, 1.165) is 0 Å². The summed E-state index contributed by atoms with van der Waals surface area (Å²) in [5.74, 6) is 1.16. The molecule has 1 aromatic heterocycles. The van der Waals surface area contributed by atoms with Crippen LogP contribution in [0.1, 0.15) is 10.4 Å². The highest BCUT2D eigenvalue weighted by molar-refractivity contribution is 6.32. The first-order chi connectivity index (χ1) is 12.1. The third-order valence-electron chi connectivity index (χ3n) is 3.36. The summed E-state index contributed by atoms with van der Waals surface area (Å²) in [6, 6.07) is 6.47. The minimum absolute atomic E-state index is 0.306. The smallest absolute Gasteiger partial charge is 0.255 e. The lowest BCUT2D eigenvalue weighted by molar-refractivity contribution is 0.102. The van der Waals surface area contributed by atoms with Crippen LogP contribution in [0, 0.1) is 0 Å². The van der Waals surface area contributed by atoms with Crippen LogP contribution in [0.4, 0.5) is 11.5 Å². The first-order valence-electron chi connectivity index (χ1n) is 7.50. The van der Waals surface area contributed by atoms with Crippen molar-refractivity contribution in [3.8, 4) is 11.5 Å². The molecule has 0 aliphatic carbocycles. The van der Waals surface area contributed by atoms with Crippen LogP contribution < -0.4 is 20.1 Å². The standard InChI is InChI=1S/C17H20ClN3O4/c1-23-7-6-20-16-8-11(4-5-19-16)17(22)21-13-10-14(24-2)12(18)9-15(13)25-3/h4-5,8-10H,6-7H2,1-3H3,(H,19,20)(H,21,22). The molecular formula is C17H20ClN3O4. The molecule has 2 N–H and O–H groups in total. The van der Waals surface area contributed by atoms with Gasteiger partial charge in [0.2, 0.25) is 0 Å². The van der Waals surface area contributed by atoms with Gasteiger partial charge in [-0.25, -0.2) is 4.98 Å². The molecule has 0 radical (unpaired) electrons. The molecule has 0 bridgehead atoms. The molecule has 0 aliphatic rings. The van der Waals surface area contributed by atoms with Gasteiger partial charge >= 0.3 is 0 Å². The van der Waals surface area contributed by atoms with E-state index in [2.05, 4.69) is 15.6 Å². The highest BCUT2D eigenvalue weighted by Crippen LogP contribution is 2.36. The lowest BCUT2D eigenvalue weighted by atomic mass is 10.2. The molecule has 25 heavy (non-hydrogen) atoms. The summed E-state index contributed by atoms with van der Waals surface area (Å²) in [7, 11) is 4.62. The minimum Gasteiger partial charge on any atom is -0.495 e. The third kappa shape index (κ3) is 4.98. The molecule has 0 fully saturated rings. The molecule has 2 aromatic rings. The van der Waals surface area contributed by atoms with Gasteiger partial charge in [0.05, 0.1) is 31.5 Å².